The lowest BCUT2D eigenvalue weighted by molar-refractivity contribution is -0.00213. The van der Waals surface area contributed by atoms with Crippen LogP contribution in [0.2, 0.25) is 0 Å². The van der Waals surface area contributed by atoms with E-state index < -0.39 is 0 Å². The molecule has 0 radical (unpaired) electrons. The van der Waals surface area contributed by atoms with Crippen molar-refractivity contribution in [1.82, 2.24) is 9.47 Å². The van der Waals surface area contributed by atoms with Crippen molar-refractivity contribution in [1.29, 1.82) is 5.26 Å². The maximum atomic E-state index is 12.9. The number of amides is 1. The molecule has 1 fully saturated rings. The Morgan fingerprint density at radius 1 is 1.39 bits per heavy atom. The summed E-state index contributed by atoms with van der Waals surface area (Å²) in [7, 11) is 1.79. The molecule has 0 bridgehead atoms. The zero-order chi connectivity index (χ0) is 16.2. The molecule has 0 spiro atoms. The lowest BCUT2D eigenvalue weighted by Crippen LogP contribution is -2.50. The second-order valence-corrected chi connectivity index (χ2v) is 5.75. The van der Waals surface area contributed by atoms with Crippen LogP contribution in [0.5, 0.6) is 0 Å². The van der Waals surface area contributed by atoms with E-state index in [2.05, 4.69) is 18.2 Å². The Morgan fingerprint density at radius 2 is 2.17 bits per heavy atom. The Bertz CT molecular complexity index is 730. The quantitative estimate of drug-likeness (QED) is 0.871. The Labute approximate surface area is 135 Å². The lowest BCUT2D eigenvalue weighted by atomic mass is 10.0. The van der Waals surface area contributed by atoms with Gasteiger partial charge in [0.15, 0.2) is 0 Å². The Morgan fingerprint density at radius 3 is 2.87 bits per heavy atom. The molecule has 0 aliphatic carbocycles. The smallest absolute Gasteiger partial charge is 0.270 e. The summed E-state index contributed by atoms with van der Waals surface area (Å²) in [5.74, 6) is -0.0433. The van der Waals surface area contributed by atoms with Gasteiger partial charge in [-0.05, 0) is 18.1 Å². The number of carbonyl (C=O) groups excluding carboxylic acids is 1. The predicted molar refractivity (Wildman–Crippen MR) is 85.9 cm³/mol. The lowest BCUT2D eigenvalue weighted by Gasteiger charge is -2.35. The summed E-state index contributed by atoms with van der Waals surface area (Å²) in [5, 5.41) is 9.01. The maximum absolute atomic E-state index is 12.9. The normalized spacial score (nSPS) is 17.7. The SMILES string of the molecule is Cn1cc(C#N)cc1C(=O)N1CCOC[C@H]1Cc1ccccc1. The highest BCUT2D eigenvalue weighted by Crippen LogP contribution is 2.18. The first kappa shape index (κ1) is 15.3. The summed E-state index contributed by atoms with van der Waals surface area (Å²) < 4.78 is 7.29. The van der Waals surface area contributed by atoms with Crippen molar-refractivity contribution in [3.8, 4) is 6.07 Å². The maximum Gasteiger partial charge on any atom is 0.270 e. The number of aromatic nitrogens is 1. The van der Waals surface area contributed by atoms with E-state index in [1.165, 1.54) is 5.56 Å². The molecule has 1 saturated heterocycles. The predicted octanol–water partition coefficient (Wildman–Crippen LogP) is 1.98. The topological polar surface area (TPSA) is 58.3 Å². The third kappa shape index (κ3) is 3.27. The van der Waals surface area contributed by atoms with Crippen molar-refractivity contribution >= 4 is 5.91 Å². The Balaban J connectivity index is 1.82. The number of benzene rings is 1. The van der Waals surface area contributed by atoms with E-state index in [-0.39, 0.29) is 11.9 Å². The molecule has 5 heteroatoms. The molecule has 1 atom stereocenters. The van der Waals surface area contributed by atoms with Crippen LogP contribution < -0.4 is 0 Å². The summed E-state index contributed by atoms with van der Waals surface area (Å²) in [4.78, 5) is 14.8. The van der Waals surface area contributed by atoms with E-state index in [9.17, 15) is 4.79 Å². The average molecular weight is 309 g/mol. The molecule has 1 aromatic carbocycles. The van der Waals surface area contributed by atoms with Gasteiger partial charge in [0, 0.05) is 19.8 Å². The van der Waals surface area contributed by atoms with Crippen molar-refractivity contribution in [2.24, 2.45) is 7.05 Å². The number of carbonyl (C=O) groups is 1. The molecule has 0 saturated carbocycles. The van der Waals surface area contributed by atoms with Gasteiger partial charge in [-0.1, -0.05) is 30.3 Å². The van der Waals surface area contributed by atoms with E-state index in [1.54, 1.807) is 23.9 Å². The number of nitriles is 1. The highest BCUT2D eigenvalue weighted by Gasteiger charge is 2.29. The van der Waals surface area contributed by atoms with Crippen LogP contribution in [-0.4, -0.2) is 41.2 Å². The van der Waals surface area contributed by atoms with Crippen LogP contribution >= 0.6 is 0 Å². The molecule has 2 aromatic rings. The monoisotopic (exact) mass is 309 g/mol. The minimum Gasteiger partial charge on any atom is -0.377 e. The van der Waals surface area contributed by atoms with Crippen LogP contribution in [0.25, 0.3) is 0 Å². The van der Waals surface area contributed by atoms with Gasteiger partial charge in [-0.3, -0.25) is 4.79 Å². The second kappa shape index (κ2) is 6.67. The van der Waals surface area contributed by atoms with Crippen molar-refractivity contribution in [2.45, 2.75) is 12.5 Å². The zero-order valence-electron chi connectivity index (χ0n) is 13.1. The molecule has 3 rings (SSSR count). The van der Waals surface area contributed by atoms with Crippen molar-refractivity contribution in [3.63, 3.8) is 0 Å². The fourth-order valence-corrected chi connectivity index (χ4v) is 2.96. The van der Waals surface area contributed by atoms with Crippen LogP contribution in [-0.2, 0) is 18.2 Å². The Kier molecular flexibility index (Phi) is 4.45. The minimum atomic E-state index is -0.0433. The van der Waals surface area contributed by atoms with Crippen LogP contribution in [0.1, 0.15) is 21.6 Å². The van der Waals surface area contributed by atoms with E-state index in [1.807, 2.05) is 23.1 Å². The fraction of sp³-hybridized carbons (Fsp3) is 0.333. The highest BCUT2D eigenvalue weighted by atomic mass is 16.5. The molecule has 1 aliphatic rings. The molecule has 23 heavy (non-hydrogen) atoms. The molecular formula is C18H19N3O2. The molecule has 0 N–H and O–H groups in total. The highest BCUT2D eigenvalue weighted by molar-refractivity contribution is 5.93. The number of rotatable bonds is 3. The number of ether oxygens (including phenoxy) is 1. The molecule has 2 heterocycles. The molecule has 1 aliphatic heterocycles. The van der Waals surface area contributed by atoms with Crippen LogP contribution in [0.15, 0.2) is 42.6 Å². The number of morpholine rings is 1. The number of hydrogen-bond acceptors (Lipinski definition) is 3. The molecule has 1 amide bonds. The van der Waals surface area contributed by atoms with Crippen LogP contribution in [0, 0.1) is 11.3 Å². The fourth-order valence-electron chi connectivity index (χ4n) is 2.96. The van der Waals surface area contributed by atoms with Gasteiger partial charge < -0.3 is 14.2 Å². The van der Waals surface area contributed by atoms with Crippen LogP contribution in [0.4, 0.5) is 0 Å². The molecule has 0 unspecified atom stereocenters. The third-order valence-corrected chi connectivity index (χ3v) is 4.16. The molecule has 5 nitrogen and oxygen atoms in total. The van der Waals surface area contributed by atoms with E-state index in [4.69, 9.17) is 10.00 Å². The first-order chi connectivity index (χ1) is 11.2. The average Bonchev–Trinajstić information content (AvgIpc) is 2.97. The Hall–Kier alpha value is -2.58. The minimum absolute atomic E-state index is 0.0130. The first-order valence-electron chi connectivity index (χ1n) is 7.68. The standard InChI is InChI=1S/C18H19N3O2/c1-20-12-15(11-19)10-17(20)18(22)21-7-8-23-13-16(21)9-14-5-3-2-4-6-14/h2-6,10,12,16H,7-9,13H2,1H3/t16-/m1/s1. The van der Waals surface area contributed by atoms with Gasteiger partial charge in [0.25, 0.3) is 5.91 Å². The van der Waals surface area contributed by atoms with Crippen LogP contribution in [0.3, 0.4) is 0 Å². The molecule has 118 valence electrons. The van der Waals surface area contributed by atoms with Gasteiger partial charge in [0.1, 0.15) is 11.8 Å². The summed E-state index contributed by atoms with van der Waals surface area (Å²) in [6.45, 7) is 1.66. The molecule has 1 aromatic heterocycles. The summed E-state index contributed by atoms with van der Waals surface area (Å²) in [6, 6.07) is 13.9. The first-order valence-corrected chi connectivity index (χ1v) is 7.68. The summed E-state index contributed by atoms with van der Waals surface area (Å²) >= 11 is 0. The van der Waals surface area contributed by atoms with Gasteiger partial charge in [-0.25, -0.2) is 0 Å². The summed E-state index contributed by atoms with van der Waals surface area (Å²) in [6.07, 6.45) is 2.45. The zero-order valence-corrected chi connectivity index (χ0v) is 13.1. The van der Waals surface area contributed by atoms with Crippen molar-refractivity contribution in [3.05, 3.63) is 59.4 Å². The largest absolute Gasteiger partial charge is 0.377 e. The van der Waals surface area contributed by atoms with Crippen molar-refractivity contribution in [2.75, 3.05) is 19.8 Å². The van der Waals surface area contributed by atoms with Gasteiger partial charge >= 0.3 is 0 Å². The number of hydrogen-bond donors (Lipinski definition) is 0. The molecular weight excluding hydrogens is 290 g/mol. The van der Waals surface area contributed by atoms with Gasteiger partial charge in [-0.15, -0.1) is 0 Å². The van der Waals surface area contributed by atoms with Gasteiger partial charge in [-0.2, -0.15) is 5.26 Å². The van der Waals surface area contributed by atoms with Crippen molar-refractivity contribution < 1.29 is 9.53 Å². The second-order valence-electron chi connectivity index (χ2n) is 5.75. The van der Waals surface area contributed by atoms with E-state index in [0.29, 0.717) is 31.0 Å². The van der Waals surface area contributed by atoms with E-state index >= 15 is 0 Å². The van der Waals surface area contributed by atoms with Gasteiger partial charge in [0.2, 0.25) is 0 Å². The number of aryl methyl sites for hydroxylation is 1. The van der Waals surface area contributed by atoms with Gasteiger partial charge in [0.05, 0.1) is 24.8 Å². The van der Waals surface area contributed by atoms with E-state index in [0.717, 1.165) is 6.42 Å². The summed E-state index contributed by atoms with van der Waals surface area (Å²) in [5.41, 5.74) is 2.23. The number of nitrogens with zero attached hydrogens (tertiary/aromatic N) is 3. The third-order valence-electron chi connectivity index (χ3n) is 4.16.